The van der Waals surface area contributed by atoms with E-state index < -0.39 is 0 Å². The maximum absolute atomic E-state index is 12.1. The van der Waals surface area contributed by atoms with Gasteiger partial charge in [0.05, 0.1) is 11.9 Å². The highest BCUT2D eigenvalue weighted by Crippen LogP contribution is 2.13. The minimum atomic E-state index is -0.212. The largest absolute Gasteiger partial charge is 0.396 e. The molecule has 5 nitrogen and oxygen atoms in total. The summed E-state index contributed by atoms with van der Waals surface area (Å²) in [6.07, 6.45) is 4.79. The van der Waals surface area contributed by atoms with Crippen molar-refractivity contribution in [1.82, 2.24) is 15.3 Å². The van der Waals surface area contributed by atoms with E-state index in [-0.39, 0.29) is 17.5 Å². The minimum absolute atomic E-state index is 0.174. The van der Waals surface area contributed by atoms with E-state index in [0.717, 1.165) is 12.8 Å². The number of carbonyl (C=O) groups is 1. The predicted octanol–water partition coefficient (Wildman–Crippen LogP) is 2.74. The van der Waals surface area contributed by atoms with E-state index in [1.165, 1.54) is 12.6 Å². The van der Waals surface area contributed by atoms with E-state index in [0.29, 0.717) is 24.0 Å². The van der Waals surface area contributed by atoms with E-state index in [9.17, 15) is 4.79 Å². The summed E-state index contributed by atoms with van der Waals surface area (Å²) in [5, 5.41) is 2.87. The molecule has 3 N–H and O–H groups in total. The monoisotopic (exact) mass is 278 g/mol. The maximum Gasteiger partial charge on any atom is 0.272 e. The quantitative estimate of drug-likeness (QED) is 0.751. The van der Waals surface area contributed by atoms with Gasteiger partial charge in [0.15, 0.2) is 5.69 Å². The van der Waals surface area contributed by atoms with Crippen molar-refractivity contribution in [3.63, 3.8) is 0 Å². The first kappa shape index (κ1) is 16.4. The maximum atomic E-state index is 12.1. The van der Waals surface area contributed by atoms with E-state index in [2.05, 4.69) is 29.1 Å². The van der Waals surface area contributed by atoms with Crippen LogP contribution in [0.4, 0.5) is 5.69 Å². The Morgan fingerprint density at radius 1 is 1.30 bits per heavy atom. The van der Waals surface area contributed by atoms with Gasteiger partial charge in [-0.05, 0) is 12.3 Å². The number of hydrogen-bond donors (Lipinski definition) is 2. The molecule has 1 heterocycles. The van der Waals surface area contributed by atoms with Crippen LogP contribution < -0.4 is 11.1 Å². The van der Waals surface area contributed by atoms with Crippen molar-refractivity contribution >= 4 is 11.6 Å². The van der Waals surface area contributed by atoms with Crippen LogP contribution in [-0.2, 0) is 0 Å². The van der Waals surface area contributed by atoms with Crippen LogP contribution in [0.25, 0.3) is 0 Å². The summed E-state index contributed by atoms with van der Waals surface area (Å²) in [6, 6.07) is 0. The molecule has 0 unspecified atom stereocenters. The molecular formula is C15H26N4O. The molecule has 1 rings (SSSR count). The zero-order valence-electron chi connectivity index (χ0n) is 12.9. The normalized spacial score (nSPS) is 11.1. The minimum Gasteiger partial charge on any atom is -0.396 e. The summed E-state index contributed by atoms with van der Waals surface area (Å²) in [5.41, 5.74) is 6.39. The van der Waals surface area contributed by atoms with Crippen molar-refractivity contribution in [3.05, 3.63) is 17.7 Å². The summed E-state index contributed by atoms with van der Waals surface area (Å²) in [4.78, 5) is 20.4. The number of amides is 1. The van der Waals surface area contributed by atoms with Gasteiger partial charge in [0, 0.05) is 12.5 Å². The highest BCUT2D eigenvalue weighted by molar-refractivity contribution is 5.96. The van der Waals surface area contributed by atoms with E-state index in [4.69, 9.17) is 5.73 Å². The van der Waals surface area contributed by atoms with Crippen LogP contribution >= 0.6 is 0 Å². The number of nitrogen functional groups attached to an aromatic ring is 1. The molecule has 1 amide bonds. The van der Waals surface area contributed by atoms with E-state index in [1.807, 2.05) is 13.8 Å². The van der Waals surface area contributed by atoms with Crippen LogP contribution in [-0.4, -0.2) is 22.4 Å². The van der Waals surface area contributed by atoms with Gasteiger partial charge >= 0.3 is 0 Å². The van der Waals surface area contributed by atoms with Gasteiger partial charge in [-0.1, -0.05) is 40.5 Å². The fourth-order valence-corrected chi connectivity index (χ4v) is 1.83. The Morgan fingerprint density at radius 2 is 2.00 bits per heavy atom. The molecule has 1 aromatic heterocycles. The summed E-state index contributed by atoms with van der Waals surface area (Å²) < 4.78 is 0. The van der Waals surface area contributed by atoms with Crippen LogP contribution in [0.1, 0.15) is 69.2 Å². The molecule has 0 saturated carbocycles. The van der Waals surface area contributed by atoms with Crippen LogP contribution in [0.3, 0.4) is 0 Å². The van der Waals surface area contributed by atoms with Gasteiger partial charge in [-0.2, -0.15) is 0 Å². The molecule has 0 aliphatic heterocycles. The van der Waals surface area contributed by atoms with Crippen molar-refractivity contribution in [3.8, 4) is 0 Å². The number of nitrogens with zero attached hydrogens (tertiary/aromatic N) is 2. The van der Waals surface area contributed by atoms with Crippen molar-refractivity contribution in [1.29, 1.82) is 0 Å². The van der Waals surface area contributed by atoms with Gasteiger partial charge in [0.1, 0.15) is 5.82 Å². The van der Waals surface area contributed by atoms with Crippen molar-refractivity contribution < 1.29 is 4.79 Å². The third-order valence-electron chi connectivity index (χ3n) is 3.06. The molecule has 0 aliphatic carbocycles. The summed E-state index contributed by atoms with van der Waals surface area (Å²) >= 11 is 0. The highest BCUT2D eigenvalue weighted by atomic mass is 16.1. The second-order valence-corrected chi connectivity index (χ2v) is 5.83. The van der Waals surface area contributed by atoms with Crippen molar-refractivity contribution in [2.45, 2.75) is 52.9 Å². The lowest BCUT2D eigenvalue weighted by atomic mass is 10.1. The van der Waals surface area contributed by atoms with Crippen molar-refractivity contribution in [2.24, 2.45) is 5.92 Å². The average Bonchev–Trinajstić information content (AvgIpc) is 2.37. The molecule has 0 fully saturated rings. The van der Waals surface area contributed by atoms with Crippen LogP contribution in [0.5, 0.6) is 0 Å². The molecule has 0 aliphatic rings. The summed E-state index contributed by atoms with van der Waals surface area (Å²) in [7, 11) is 0. The summed E-state index contributed by atoms with van der Waals surface area (Å²) in [6.45, 7) is 9.03. The molecule has 0 atom stereocenters. The zero-order valence-corrected chi connectivity index (χ0v) is 12.9. The number of anilines is 1. The van der Waals surface area contributed by atoms with E-state index in [1.54, 1.807) is 0 Å². The van der Waals surface area contributed by atoms with Crippen molar-refractivity contribution in [2.75, 3.05) is 12.3 Å². The predicted molar refractivity (Wildman–Crippen MR) is 81.6 cm³/mol. The molecule has 0 spiro atoms. The number of unbranched alkanes of at least 4 members (excludes halogenated alkanes) is 1. The Bertz CT molecular complexity index is 443. The molecule has 0 saturated heterocycles. The zero-order chi connectivity index (χ0) is 15.1. The number of nitrogens with two attached hydrogens (primary N) is 1. The van der Waals surface area contributed by atoms with Gasteiger partial charge in [-0.25, -0.2) is 9.97 Å². The summed E-state index contributed by atoms with van der Waals surface area (Å²) in [5.74, 6) is 1.31. The van der Waals surface area contributed by atoms with Crippen LogP contribution in [0.15, 0.2) is 6.20 Å². The van der Waals surface area contributed by atoms with Gasteiger partial charge in [0.25, 0.3) is 5.91 Å². The van der Waals surface area contributed by atoms with Gasteiger partial charge in [0.2, 0.25) is 0 Å². The number of carbonyl (C=O) groups excluding carboxylic acids is 1. The fourth-order valence-electron chi connectivity index (χ4n) is 1.83. The lowest BCUT2D eigenvalue weighted by Crippen LogP contribution is -2.27. The Kier molecular flexibility index (Phi) is 6.42. The average molecular weight is 278 g/mol. The topological polar surface area (TPSA) is 80.9 Å². The lowest BCUT2D eigenvalue weighted by molar-refractivity contribution is 0.0948. The molecule has 0 aromatic carbocycles. The second kappa shape index (κ2) is 7.82. The Labute approximate surface area is 121 Å². The third kappa shape index (κ3) is 5.15. The number of hydrogen-bond acceptors (Lipinski definition) is 4. The highest BCUT2D eigenvalue weighted by Gasteiger charge is 2.14. The lowest BCUT2D eigenvalue weighted by Gasteiger charge is -2.10. The molecule has 112 valence electrons. The van der Waals surface area contributed by atoms with Gasteiger partial charge in [-0.3, -0.25) is 4.79 Å². The molecule has 0 bridgehead atoms. The van der Waals surface area contributed by atoms with Gasteiger partial charge < -0.3 is 11.1 Å². The van der Waals surface area contributed by atoms with E-state index >= 15 is 0 Å². The fraction of sp³-hybridized carbons (Fsp3) is 0.667. The Balaban J connectivity index is 2.52. The molecular weight excluding hydrogens is 252 g/mol. The Hall–Kier alpha value is -1.65. The first-order valence-corrected chi connectivity index (χ1v) is 7.32. The third-order valence-corrected chi connectivity index (χ3v) is 3.06. The SMILES string of the molecule is CC(C)CCCCNC(=O)c1nc(C(C)C)ncc1N. The molecule has 20 heavy (non-hydrogen) atoms. The van der Waals surface area contributed by atoms with Crippen LogP contribution in [0, 0.1) is 5.92 Å². The van der Waals surface area contributed by atoms with Crippen LogP contribution in [0.2, 0.25) is 0 Å². The number of nitrogens with one attached hydrogen (secondary N) is 1. The first-order valence-electron chi connectivity index (χ1n) is 7.32. The molecule has 0 radical (unpaired) electrons. The Morgan fingerprint density at radius 3 is 2.60 bits per heavy atom. The first-order chi connectivity index (χ1) is 9.41. The second-order valence-electron chi connectivity index (χ2n) is 5.83. The molecule has 5 heteroatoms. The molecule has 1 aromatic rings. The van der Waals surface area contributed by atoms with Gasteiger partial charge in [-0.15, -0.1) is 0 Å². The smallest absolute Gasteiger partial charge is 0.272 e. The number of rotatable bonds is 7. The number of aromatic nitrogens is 2. The standard InChI is InChI=1S/C15H26N4O/c1-10(2)7-5-6-8-17-15(20)13-12(16)9-18-14(19-13)11(3)4/h9-11H,5-8,16H2,1-4H3,(H,17,20).